The highest BCUT2D eigenvalue weighted by Crippen LogP contribution is 2.16. The van der Waals surface area contributed by atoms with Gasteiger partial charge in [0.2, 0.25) is 0 Å². The molecule has 1 saturated heterocycles. The molecule has 2 amide bonds. The number of amides is 2. The molecule has 3 N–H and O–H groups in total. The van der Waals surface area contributed by atoms with E-state index in [0.717, 1.165) is 12.8 Å². The third-order valence-electron chi connectivity index (χ3n) is 3.27. The molecule has 0 spiro atoms. The van der Waals surface area contributed by atoms with Crippen LogP contribution in [0, 0.1) is 5.92 Å². The number of hydrogen-bond donors (Lipinski definition) is 3. The first-order valence-electron chi connectivity index (χ1n) is 6.46. The van der Waals surface area contributed by atoms with E-state index in [1.54, 1.807) is 16.7 Å². The molecule has 0 aromatic heterocycles. The van der Waals surface area contributed by atoms with Gasteiger partial charge in [-0.2, -0.15) is 11.8 Å². The number of aliphatic hydroxyl groups is 1. The van der Waals surface area contributed by atoms with Gasteiger partial charge in [-0.25, -0.2) is 9.59 Å². The van der Waals surface area contributed by atoms with Crippen LogP contribution in [-0.2, 0) is 4.79 Å². The lowest BCUT2D eigenvalue weighted by molar-refractivity contribution is -0.139. The Hall–Kier alpha value is -0.950. The van der Waals surface area contributed by atoms with Gasteiger partial charge < -0.3 is 20.4 Å². The predicted octanol–water partition coefficient (Wildman–Crippen LogP) is 0.607. The fraction of sp³-hybridized carbons (Fsp3) is 0.833. The number of nitrogens with one attached hydrogen (secondary N) is 1. The minimum absolute atomic E-state index is 0.0681. The maximum Gasteiger partial charge on any atom is 0.326 e. The van der Waals surface area contributed by atoms with Crippen molar-refractivity contribution in [3.63, 3.8) is 0 Å². The van der Waals surface area contributed by atoms with Gasteiger partial charge in [0.05, 0.1) is 0 Å². The summed E-state index contributed by atoms with van der Waals surface area (Å²) in [5.74, 6) is -0.205. The molecule has 6 nitrogen and oxygen atoms in total. The molecule has 0 aromatic carbocycles. The van der Waals surface area contributed by atoms with E-state index in [9.17, 15) is 9.59 Å². The number of aliphatic carboxylic acids is 1. The molecular formula is C12H22N2O4S. The van der Waals surface area contributed by atoms with Crippen molar-refractivity contribution in [3.05, 3.63) is 0 Å². The van der Waals surface area contributed by atoms with Gasteiger partial charge in [0.15, 0.2) is 0 Å². The Kier molecular flexibility index (Phi) is 7.01. The van der Waals surface area contributed by atoms with Crippen molar-refractivity contribution in [3.8, 4) is 0 Å². The Morgan fingerprint density at radius 2 is 2.26 bits per heavy atom. The van der Waals surface area contributed by atoms with Crippen LogP contribution in [0.15, 0.2) is 0 Å². The molecule has 0 radical (unpaired) electrons. The molecule has 1 heterocycles. The maximum absolute atomic E-state index is 12.0. The van der Waals surface area contributed by atoms with Gasteiger partial charge >= 0.3 is 12.0 Å². The van der Waals surface area contributed by atoms with Gasteiger partial charge in [0.25, 0.3) is 0 Å². The lowest BCUT2D eigenvalue weighted by Crippen LogP contribution is -2.51. The second kappa shape index (κ2) is 8.27. The van der Waals surface area contributed by atoms with Crippen molar-refractivity contribution in [2.24, 2.45) is 5.92 Å². The number of rotatable bonds is 6. The Morgan fingerprint density at radius 3 is 2.84 bits per heavy atom. The van der Waals surface area contributed by atoms with Crippen LogP contribution in [0.25, 0.3) is 0 Å². The molecule has 1 fully saturated rings. The van der Waals surface area contributed by atoms with Gasteiger partial charge in [-0.05, 0) is 37.2 Å². The molecule has 0 saturated carbocycles. The largest absolute Gasteiger partial charge is 0.480 e. The molecule has 7 heteroatoms. The molecule has 1 aliphatic rings. The molecule has 1 aliphatic heterocycles. The monoisotopic (exact) mass is 290 g/mol. The number of thioether (sulfide) groups is 1. The SMILES string of the molecule is CSCCC(NC(=O)N1CCCC(CO)C1)C(=O)O. The molecule has 19 heavy (non-hydrogen) atoms. The van der Waals surface area contributed by atoms with Crippen molar-refractivity contribution in [2.75, 3.05) is 31.7 Å². The molecule has 110 valence electrons. The van der Waals surface area contributed by atoms with Gasteiger partial charge in [-0.3, -0.25) is 0 Å². The third-order valence-corrected chi connectivity index (χ3v) is 3.91. The van der Waals surface area contributed by atoms with Gasteiger partial charge in [-0.1, -0.05) is 0 Å². The van der Waals surface area contributed by atoms with Gasteiger partial charge in [-0.15, -0.1) is 0 Å². The summed E-state index contributed by atoms with van der Waals surface area (Å²) in [7, 11) is 0. The van der Waals surface area contributed by atoms with Crippen LogP contribution in [0.1, 0.15) is 19.3 Å². The number of carbonyl (C=O) groups is 2. The minimum atomic E-state index is -1.00. The average molecular weight is 290 g/mol. The number of aliphatic hydroxyl groups excluding tert-OH is 1. The Bertz CT molecular complexity index is 314. The zero-order valence-corrected chi connectivity index (χ0v) is 12.0. The van der Waals surface area contributed by atoms with E-state index in [0.29, 0.717) is 25.3 Å². The summed E-state index contributed by atoms with van der Waals surface area (Å²) in [6, 6.07) is -1.18. The highest BCUT2D eigenvalue weighted by atomic mass is 32.2. The lowest BCUT2D eigenvalue weighted by Gasteiger charge is -2.32. The van der Waals surface area contributed by atoms with Crippen LogP contribution < -0.4 is 5.32 Å². The summed E-state index contributed by atoms with van der Waals surface area (Å²) in [5.41, 5.74) is 0. The van der Waals surface area contributed by atoms with Crippen molar-refractivity contribution >= 4 is 23.8 Å². The standard InChI is InChI=1S/C12H22N2O4S/c1-19-6-4-10(11(16)17)13-12(18)14-5-2-3-9(7-14)8-15/h9-10,15H,2-8H2,1H3,(H,13,18)(H,16,17). The quantitative estimate of drug-likeness (QED) is 0.667. The number of urea groups is 1. The third kappa shape index (κ3) is 5.28. The van der Waals surface area contributed by atoms with E-state index in [1.165, 1.54) is 0 Å². The zero-order valence-electron chi connectivity index (χ0n) is 11.2. The smallest absolute Gasteiger partial charge is 0.326 e. The topological polar surface area (TPSA) is 89.9 Å². The number of hydrogen-bond acceptors (Lipinski definition) is 4. The Balaban J connectivity index is 2.48. The predicted molar refractivity (Wildman–Crippen MR) is 74.3 cm³/mol. The zero-order chi connectivity index (χ0) is 14.3. The number of carboxylic acids is 1. The molecule has 0 bridgehead atoms. The molecule has 2 unspecified atom stereocenters. The van der Waals surface area contributed by atoms with Crippen molar-refractivity contribution in [1.29, 1.82) is 0 Å². The summed E-state index contributed by atoms with van der Waals surface area (Å²) in [4.78, 5) is 24.7. The van der Waals surface area contributed by atoms with Gasteiger partial charge in [0.1, 0.15) is 6.04 Å². The van der Waals surface area contributed by atoms with E-state index < -0.39 is 12.0 Å². The first-order valence-corrected chi connectivity index (χ1v) is 7.86. The lowest BCUT2D eigenvalue weighted by atomic mass is 9.99. The minimum Gasteiger partial charge on any atom is -0.480 e. The van der Waals surface area contributed by atoms with E-state index in [2.05, 4.69) is 5.32 Å². The van der Waals surface area contributed by atoms with Crippen LogP contribution in [-0.4, -0.2) is 64.9 Å². The van der Waals surface area contributed by atoms with Crippen molar-refractivity contribution in [2.45, 2.75) is 25.3 Å². The molecule has 0 aliphatic carbocycles. The van der Waals surface area contributed by atoms with E-state index in [-0.39, 0.29) is 18.6 Å². The number of carbonyl (C=O) groups excluding carboxylic acids is 1. The first kappa shape index (κ1) is 16.1. The van der Waals surface area contributed by atoms with Crippen molar-refractivity contribution in [1.82, 2.24) is 10.2 Å². The highest BCUT2D eigenvalue weighted by Gasteiger charge is 2.26. The summed E-state index contributed by atoms with van der Waals surface area (Å²) in [6.45, 7) is 1.19. The van der Waals surface area contributed by atoms with Gasteiger partial charge in [0, 0.05) is 19.7 Å². The molecule has 2 atom stereocenters. The fourth-order valence-corrected chi connectivity index (χ4v) is 2.60. The van der Waals surface area contributed by atoms with E-state index in [1.807, 2.05) is 6.26 Å². The fourth-order valence-electron chi connectivity index (χ4n) is 2.13. The highest BCUT2D eigenvalue weighted by molar-refractivity contribution is 7.98. The maximum atomic E-state index is 12.0. The molecular weight excluding hydrogens is 268 g/mol. The normalized spacial score (nSPS) is 20.9. The van der Waals surface area contributed by atoms with Crippen LogP contribution >= 0.6 is 11.8 Å². The number of piperidine rings is 1. The number of likely N-dealkylation sites (tertiary alicyclic amines) is 1. The van der Waals surface area contributed by atoms with Crippen molar-refractivity contribution < 1.29 is 19.8 Å². The number of nitrogens with zero attached hydrogens (tertiary/aromatic N) is 1. The second-order valence-electron chi connectivity index (χ2n) is 4.76. The summed E-state index contributed by atoms with van der Waals surface area (Å²) < 4.78 is 0. The van der Waals surface area contributed by atoms with E-state index in [4.69, 9.17) is 10.2 Å². The first-order chi connectivity index (χ1) is 9.08. The van der Waals surface area contributed by atoms with Crippen LogP contribution in [0.4, 0.5) is 4.79 Å². The van der Waals surface area contributed by atoms with E-state index >= 15 is 0 Å². The Morgan fingerprint density at radius 1 is 1.53 bits per heavy atom. The molecule has 0 aromatic rings. The Labute approximate surface area is 117 Å². The van der Waals surface area contributed by atoms with Crippen LogP contribution in [0.5, 0.6) is 0 Å². The summed E-state index contributed by atoms with van der Waals surface area (Å²) in [5, 5.41) is 20.7. The second-order valence-corrected chi connectivity index (χ2v) is 5.74. The summed E-state index contributed by atoms with van der Waals surface area (Å²) >= 11 is 1.55. The van der Waals surface area contributed by atoms with Crippen LogP contribution in [0.3, 0.4) is 0 Å². The summed E-state index contributed by atoms with van der Waals surface area (Å²) in [6.07, 6.45) is 4.08. The molecule has 1 rings (SSSR count). The van der Waals surface area contributed by atoms with Crippen LogP contribution in [0.2, 0.25) is 0 Å². The average Bonchev–Trinajstić information content (AvgIpc) is 2.42. The number of carboxylic acid groups (broad SMARTS) is 1.